The van der Waals surface area contributed by atoms with E-state index in [1.165, 1.54) is 0 Å². The van der Waals surface area contributed by atoms with E-state index in [1.54, 1.807) is 25.7 Å². The van der Waals surface area contributed by atoms with Gasteiger partial charge in [-0.15, -0.1) is 0 Å². The van der Waals surface area contributed by atoms with Crippen LogP contribution >= 0.6 is 0 Å². The number of carbonyl (C=O) groups excluding carboxylic acids is 3. The molecular formula is C34H43N3O4. The fourth-order valence-electron chi connectivity index (χ4n) is 4.85. The Morgan fingerprint density at radius 1 is 0.829 bits per heavy atom. The predicted octanol–water partition coefficient (Wildman–Crippen LogP) is 6.03. The van der Waals surface area contributed by atoms with Crippen molar-refractivity contribution >= 4 is 17.9 Å². The highest BCUT2D eigenvalue weighted by molar-refractivity contribution is 5.92. The van der Waals surface area contributed by atoms with Crippen molar-refractivity contribution < 1.29 is 19.1 Å². The zero-order chi connectivity index (χ0) is 30.2. The summed E-state index contributed by atoms with van der Waals surface area (Å²) in [5.74, 6) is -0.662. The standard InChI is InChI=1S/C34H43N3O4/c1-23(2)37(32(39)29(21-26-14-10-8-11-15-26)36-33(40)41-34(5,6)7)30(28-19-24(3)18-25(4)20-28)31(38)35-22-27-16-12-9-13-17-27/h8-20,23,29-30H,21-22H2,1-7H3,(H,35,38)(H,36,40). The first-order valence-electron chi connectivity index (χ1n) is 14.1. The molecule has 3 aromatic rings. The molecule has 0 spiro atoms. The van der Waals surface area contributed by atoms with Crippen molar-refractivity contribution in [1.29, 1.82) is 0 Å². The summed E-state index contributed by atoms with van der Waals surface area (Å²) in [6.07, 6.45) is -0.445. The number of benzene rings is 3. The third-order valence-corrected chi connectivity index (χ3v) is 6.48. The van der Waals surface area contributed by atoms with Crippen LogP contribution in [0.25, 0.3) is 0 Å². The Morgan fingerprint density at radius 2 is 1.37 bits per heavy atom. The summed E-state index contributed by atoms with van der Waals surface area (Å²) >= 11 is 0. The van der Waals surface area contributed by atoms with Gasteiger partial charge in [0.15, 0.2) is 0 Å². The summed E-state index contributed by atoms with van der Waals surface area (Å²) in [6, 6.07) is 22.8. The van der Waals surface area contributed by atoms with Gasteiger partial charge in [0.2, 0.25) is 11.8 Å². The van der Waals surface area contributed by atoms with E-state index in [4.69, 9.17) is 4.74 Å². The van der Waals surface area contributed by atoms with Gasteiger partial charge in [0.25, 0.3) is 0 Å². The Labute approximate surface area is 244 Å². The molecule has 0 radical (unpaired) electrons. The number of rotatable bonds is 10. The van der Waals surface area contributed by atoms with Crippen LogP contribution in [-0.4, -0.2) is 40.5 Å². The molecule has 0 heterocycles. The SMILES string of the molecule is Cc1cc(C)cc(C(C(=O)NCc2ccccc2)N(C(=O)C(Cc2ccccc2)NC(=O)OC(C)(C)C)C(C)C)c1. The molecule has 3 amide bonds. The monoisotopic (exact) mass is 557 g/mol. The number of hydrogen-bond acceptors (Lipinski definition) is 4. The quantitative estimate of drug-likeness (QED) is 0.318. The van der Waals surface area contributed by atoms with Gasteiger partial charge in [-0.25, -0.2) is 4.79 Å². The van der Waals surface area contributed by atoms with Crippen molar-refractivity contribution in [3.05, 3.63) is 107 Å². The third kappa shape index (κ3) is 9.48. The summed E-state index contributed by atoms with van der Waals surface area (Å²) in [4.78, 5) is 42.9. The normalized spacial score (nSPS) is 12.8. The van der Waals surface area contributed by atoms with E-state index in [9.17, 15) is 14.4 Å². The van der Waals surface area contributed by atoms with Gasteiger partial charge in [0.1, 0.15) is 17.7 Å². The number of aryl methyl sites for hydroxylation is 2. The van der Waals surface area contributed by atoms with Crippen molar-refractivity contribution in [2.24, 2.45) is 0 Å². The molecule has 0 aliphatic carbocycles. The summed E-state index contributed by atoms with van der Waals surface area (Å²) in [6.45, 7) is 13.3. The molecule has 41 heavy (non-hydrogen) atoms. The Balaban J connectivity index is 2.03. The van der Waals surface area contributed by atoms with E-state index < -0.39 is 23.8 Å². The maximum Gasteiger partial charge on any atom is 0.408 e. The van der Waals surface area contributed by atoms with Crippen LogP contribution in [0.15, 0.2) is 78.9 Å². The number of nitrogens with one attached hydrogen (secondary N) is 2. The summed E-state index contributed by atoms with van der Waals surface area (Å²) in [5, 5.41) is 5.84. The fraction of sp³-hybridized carbons (Fsp3) is 0.382. The van der Waals surface area contributed by atoms with E-state index >= 15 is 0 Å². The molecule has 0 saturated carbocycles. The molecule has 0 aromatic heterocycles. The van der Waals surface area contributed by atoms with E-state index in [0.29, 0.717) is 12.1 Å². The second kappa shape index (κ2) is 14.0. The Kier molecular flexibility index (Phi) is 10.7. The number of nitrogens with zero attached hydrogens (tertiary/aromatic N) is 1. The van der Waals surface area contributed by atoms with Crippen molar-refractivity contribution in [3.63, 3.8) is 0 Å². The van der Waals surface area contributed by atoms with Gasteiger partial charge in [-0.2, -0.15) is 0 Å². The molecule has 218 valence electrons. The highest BCUT2D eigenvalue weighted by Gasteiger charge is 2.38. The lowest BCUT2D eigenvalue weighted by Crippen LogP contribution is -2.55. The second-order valence-corrected chi connectivity index (χ2v) is 11.8. The van der Waals surface area contributed by atoms with Crippen LogP contribution < -0.4 is 10.6 Å². The summed E-state index contributed by atoms with van der Waals surface area (Å²) < 4.78 is 5.51. The van der Waals surface area contributed by atoms with Gasteiger partial charge < -0.3 is 20.3 Å². The molecular weight excluding hydrogens is 514 g/mol. The lowest BCUT2D eigenvalue weighted by atomic mass is 9.96. The number of ether oxygens (including phenoxy) is 1. The minimum absolute atomic E-state index is 0.243. The van der Waals surface area contributed by atoms with Crippen LogP contribution in [0, 0.1) is 13.8 Å². The molecule has 0 fully saturated rings. The average Bonchev–Trinajstić information content (AvgIpc) is 2.89. The first-order chi connectivity index (χ1) is 19.3. The van der Waals surface area contributed by atoms with Gasteiger partial charge in [0, 0.05) is 19.0 Å². The van der Waals surface area contributed by atoms with E-state index in [1.807, 2.05) is 107 Å². The van der Waals surface area contributed by atoms with Crippen molar-refractivity contribution in [1.82, 2.24) is 15.5 Å². The van der Waals surface area contributed by atoms with Gasteiger partial charge in [-0.1, -0.05) is 90.0 Å². The van der Waals surface area contributed by atoms with Gasteiger partial charge in [-0.3, -0.25) is 9.59 Å². The van der Waals surface area contributed by atoms with Gasteiger partial charge >= 0.3 is 6.09 Å². The lowest BCUT2D eigenvalue weighted by Gasteiger charge is -2.37. The Hall–Kier alpha value is -4.13. The molecule has 3 aromatic carbocycles. The maximum absolute atomic E-state index is 14.4. The van der Waals surface area contributed by atoms with Crippen LogP contribution in [0.2, 0.25) is 0 Å². The Morgan fingerprint density at radius 3 is 1.88 bits per heavy atom. The molecule has 7 heteroatoms. The van der Waals surface area contributed by atoms with Crippen molar-refractivity contribution in [2.75, 3.05) is 0 Å². The molecule has 2 atom stereocenters. The van der Waals surface area contributed by atoms with E-state index in [0.717, 1.165) is 22.3 Å². The topological polar surface area (TPSA) is 87.7 Å². The minimum atomic E-state index is -0.954. The molecule has 3 rings (SSSR count). The minimum Gasteiger partial charge on any atom is -0.444 e. The van der Waals surface area contributed by atoms with Crippen LogP contribution in [-0.2, 0) is 27.3 Å². The highest BCUT2D eigenvalue weighted by atomic mass is 16.6. The van der Waals surface area contributed by atoms with Gasteiger partial charge in [-0.05, 0) is 65.2 Å². The first kappa shape index (κ1) is 31.4. The average molecular weight is 558 g/mol. The van der Waals surface area contributed by atoms with Crippen molar-refractivity contribution in [2.45, 2.75) is 85.2 Å². The number of amides is 3. The molecule has 0 aliphatic rings. The highest BCUT2D eigenvalue weighted by Crippen LogP contribution is 2.27. The van der Waals surface area contributed by atoms with Crippen molar-refractivity contribution in [3.8, 4) is 0 Å². The number of alkyl carbamates (subject to hydrolysis) is 1. The predicted molar refractivity (Wildman–Crippen MR) is 162 cm³/mol. The van der Waals surface area contributed by atoms with E-state index in [2.05, 4.69) is 10.6 Å². The smallest absolute Gasteiger partial charge is 0.408 e. The molecule has 2 unspecified atom stereocenters. The lowest BCUT2D eigenvalue weighted by molar-refractivity contribution is -0.144. The second-order valence-electron chi connectivity index (χ2n) is 11.8. The van der Waals surface area contributed by atoms with E-state index in [-0.39, 0.29) is 24.3 Å². The maximum atomic E-state index is 14.4. The largest absolute Gasteiger partial charge is 0.444 e. The Bertz CT molecular complexity index is 1300. The summed E-state index contributed by atoms with van der Waals surface area (Å²) in [7, 11) is 0. The molecule has 0 saturated heterocycles. The van der Waals surface area contributed by atoms with Crippen LogP contribution in [0.4, 0.5) is 4.79 Å². The molecule has 7 nitrogen and oxygen atoms in total. The third-order valence-electron chi connectivity index (χ3n) is 6.48. The molecule has 0 aliphatic heterocycles. The van der Waals surface area contributed by atoms with Crippen LogP contribution in [0.3, 0.4) is 0 Å². The zero-order valence-corrected chi connectivity index (χ0v) is 25.2. The molecule has 2 N–H and O–H groups in total. The van der Waals surface area contributed by atoms with Gasteiger partial charge in [0.05, 0.1) is 0 Å². The summed E-state index contributed by atoms with van der Waals surface area (Å²) in [5.41, 5.74) is 3.79. The molecule has 0 bridgehead atoms. The first-order valence-corrected chi connectivity index (χ1v) is 14.1. The fourth-order valence-corrected chi connectivity index (χ4v) is 4.85. The van der Waals surface area contributed by atoms with Crippen LogP contribution in [0.1, 0.15) is 68.5 Å². The number of carbonyl (C=O) groups is 3. The number of hydrogen-bond donors (Lipinski definition) is 2. The van der Waals surface area contributed by atoms with Crippen LogP contribution in [0.5, 0.6) is 0 Å². The zero-order valence-electron chi connectivity index (χ0n) is 25.2.